The molecular weight excluding hydrogens is 266 g/mol. The predicted molar refractivity (Wildman–Crippen MR) is 80.7 cm³/mol. The number of nitrogens with one attached hydrogen (secondary N) is 1. The van der Waals surface area contributed by atoms with Crippen LogP contribution in [0, 0.1) is 17.8 Å². The lowest BCUT2D eigenvalue weighted by molar-refractivity contribution is -0.146. The number of aliphatic carboxylic acids is 1. The van der Waals surface area contributed by atoms with Crippen LogP contribution in [-0.4, -0.2) is 17.0 Å². The summed E-state index contributed by atoms with van der Waals surface area (Å²) in [5, 5.41) is 12.1. The monoisotopic (exact) mass is 289 g/mol. The summed E-state index contributed by atoms with van der Waals surface area (Å²) in [7, 11) is 0. The molecule has 0 heterocycles. The fraction of sp³-hybridized carbons (Fsp3) is 0.529. The third-order valence-electron chi connectivity index (χ3n) is 4.35. The van der Waals surface area contributed by atoms with Gasteiger partial charge in [0, 0.05) is 6.54 Å². The third kappa shape index (κ3) is 3.84. The Bertz CT molecular complexity index is 509. The zero-order valence-electron chi connectivity index (χ0n) is 12.6. The van der Waals surface area contributed by atoms with Gasteiger partial charge in [-0.1, -0.05) is 38.1 Å². The lowest BCUT2D eigenvalue weighted by Crippen LogP contribution is -2.34. The number of carbonyl (C=O) groups excluding carboxylic acids is 1. The molecule has 1 saturated carbocycles. The highest BCUT2D eigenvalue weighted by Gasteiger charge is 2.40. The smallest absolute Gasteiger partial charge is 0.307 e. The molecule has 1 amide bonds. The molecule has 4 nitrogen and oxygen atoms in total. The highest BCUT2D eigenvalue weighted by molar-refractivity contribution is 5.85. The van der Waals surface area contributed by atoms with E-state index in [1.54, 1.807) is 0 Å². The maximum atomic E-state index is 12.2. The van der Waals surface area contributed by atoms with E-state index in [0.29, 0.717) is 25.3 Å². The van der Waals surface area contributed by atoms with Crippen molar-refractivity contribution in [3.05, 3.63) is 35.4 Å². The number of rotatable bonds is 5. The van der Waals surface area contributed by atoms with Crippen molar-refractivity contribution in [3.63, 3.8) is 0 Å². The van der Waals surface area contributed by atoms with Crippen molar-refractivity contribution in [1.29, 1.82) is 0 Å². The van der Waals surface area contributed by atoms with Crippen LogP contribution in [0.15, 0.2) is 24.3 Å². The Morgan fingerprint density at radius 1 is 1.14 bits per heavy atom. The maximum absolute atomic E-state index is 12.2. The van der Waals surface area contributed by atoms with Crippen LogP contribution < -0.4 is 5.32 Å². The van der Waals surface area contributed by atoms with E-state index in [9.17, 15) is 14.7 Å². The van der Waals surface area contributed by atoms with Crippen molar-refractivity contribution in [2.24, 2.45) is 17.8 Å². The van der Waals surface area contributed by atoms with Gasteiger partial charge < -0.3 is 10.4 Å². The molecule has 0 spiro atoms. The minimum atomic E-state index is -0.855. The number of carboxylic acid groups (broad SMARTS) is 1. The van der Waals surface area contributed by atoms with E-state index in [2.05, 4.69) is 24.4 Å². The highest BCUT2D eigenvalue weighted by atomic mass is 16.4. The largest absolute Gasteiger partial charge is 0.481 e. The lowest BCUT2D eigenvalue weighted by atomic mass is 9.95. The average Bonchev–Trinajstić information content (AvgIpc) is 2.87. The number of carbonyl (C=O) groups is 2. The minimum absolute atomic E-state index is 0.133. The van der Waals surface area contributed by atoms with Gasteiger partial charge in [0.25, 0.3) is 0 Å². The number of amides is 1. The molecule has 2 N–H and O–H groups in total. The van der Waals surface area contributed by atoms with Gasteiger partial charge in [0.05, 0.1) is 11.8 Å². The number of hydrogen-bond acceptors (Lipinski definition) is 2. The van der Waals surface area contributed by atoms with E-state index in [4.69, 9.17) is 0 Å². The van der Waals surface area contributed by atoms with Crippen LogP contribution >= 0.6 is 0 Å². The Balaban J connectivity index is 1.92. The fourth-order valence-corrected chi connectivity index (χ4v) is 3.07. The Morgan fingerprint density at radius 3 is 2.29 bits per heavy atom. The Morgan fingerprint density at radius 2 is 1.71 bits per heavy atom. The Hall–Kier alpha value is -1.84. The Labute approximate surface area is 125 Å². The molecule has 0 radical (unpaired) electrons. The first-order valence-corrected chi connectivity index (χ1v) is 7.59. The third-order valence-corrected chi connectivity index (χ3v) is 4.35. The molecule has 0 bridgehead atoms. The van der Waals surface area contributed by atoms with Crippen molar-refractivity contribution >= 4 is 11.9 Å². The van der Waals surface area contributed by atoms with E-state index >= 15 is 0 Å². The zero-order valence-corrected chi connectivity index (χ0v) is 12.6. The van der Waals surface area contributed by atoms with Crippen LogP contribution in [0.4, 0.5) is 0 Å². The zero-order chi connectivity index (χ0) is 15.4. The minimum Gasteiger partial charge on any atom is -0.481 e. The van der Waals surface area contributed by atoms with Crippen LogP contribution in [0.1, 0.15) is 37.8 Å². The van der Waals surface area contributed by atoms with Crippen LogP contribution in [0.25, 0.3) is 0 Å². The summed E-state index contributed by atoms with van der Waals surface area (Å²) < 4.78 is 0. The van der Waals surface area contributed by atoms with Crippen LogP contribution in [0.5, 0.6) is 0 Å². The molecule has 3 atom stereocenters. The molecule has 0 aromatic heterocycles. The van der Waals surface area contributed by atoms with Gasteiger partial charge in [-0.25, -0.2) is 0 Å². The molecule has 0 aliphatic heterocycles. The standard InChI is InChI=1S/C17H23NO3/c1-3-12-4-6-13(7-5-12)10-18-16(19)14-8-11(2)9-15(14)17(20)21/h4-7,11,14-15H,3,8-10H2,1-2H3,(H,18,19)(H,20,21)/t11?,14-,15+/m0/s1. The van der Waals surface area contributed by atoms with E-state index in [-0.39, 0.29) is 5.91 Å². The molecule has 114 valence electrons. The predicted octanol–water partition coefficient (Wildman–Crippen LogP) is 2.61. The van der Waals surface area contributed by atoms with Gasteiger partial charge in [-0.2, -0.15) is 0 Å². The molecule has 1 fully saturated rings. The summed E-state index contributed by atoms with van der Waals surface area (Å²) in [6.45, 7) is 4.57. The van der Waals surface area contributed by atoms with Gasteiger partial charge in [-0.05, 0) is 36.3 Å². The second-order valence-corrected chi connectivity index (χ2v) is 6.02. The fourth-order valence-electron chi connectivity index (χ4n) is 3.07. The molecule has 1 aliphatic rings. The number of aryl methyl sites for hydroxylation is 1. The molecular formula is C17H23NO3. The van der Waals surface area contributed by atoms with E-state index in [0.717, 1.165) is 12.0 Å². The molecule has 1 unspecified atom stereocenters. The Kier molecular flexibility index (Phi) is 4.99. The summed E-state index contributed by atoms with van der Waals surface area (Å²) in [5.41, 5.74) is 2.30. The van der Waals surface area contributed by atoms with E-state index in [1.807, 2.05) is 19.1 Å². The van der Waals surface area contributed by atoms with Gasteiger partial charge in [0.2, 0.25) is 5.91 Å². The quantitative estimate of drug-likeness (QED) is 0.875. The van der Waals surface area contributed by atoms with Gasteiger partial charge >= 0.3 is 5.97 Å². The van der Waals surface area contributed by atoms with Crippen LogP contribution in [-0.2, 0) is 22.6 Å². The molecule has 21 heavy (non-hydrogen) atoms. The van der Waals surface area contributed by atoms with Gasteiger partial charge in [-0.3, -0.25) is 9.59 Å². The van der Waals surface area contributed by atoms with Crippen molar-refractivity contribution in [2.75, 3.05) is 0 Å². The first-order valence-electron chi connectivity index (χ1n) is 7.59. The van der Waals surface area contributed by atoms with Crippen molar-refractivity contribution in [1.82, 2.24) is 5.32 Å². The van der Waals surface area contributed by atoms with E-state index < -0.39 is 17.8 Å². The topological polar surface area (TPSA) is 66.4 Å². The first-order chi connectivity index (χ1) is 10.0. The van der Waals surface area contributed by atoms with Gasteiger partial charge in [0.1, 0.15) is 0 Å². The number of benzene rings is 1. The summed E-state index contributed by atoms with van der Waals surface area (Å²) >= 11 is 0. The van der Waals surface area contributed by atoms with Crippen LogP contribution in [0.2, 0.25) is 0 Å². The molecule has 1 aromatic rings. The summed E-state index contributed by atoms with van der Waals surface area (Å²) in [6.07, 6.45) is 2.25. The van der Waals surface area contributed by atoms with Crippen molar-refractivity contribution in [2.45, 2.75) is 39.7 Å². The molecule has 2 rings (SSSR count). The molecule has 0 saturated heterocycles. The van der Waals surface area contributed by atoms with Crippen LogP contribution in [0.3, 0.4) is 0 Å². The molecule has 4 heteroatoms. The van der Waals surface area contributed by atoms with E-state index in [1.165, 1.54) is 5.56 Å². The summed E-state index contributed by atoms with van der Waals surface area (Å²) in [4.78, 5) is 23.5. The number of carboxylic acids is 1. The highest BCUT2D eigenvalue weighted by Crippen LogP contribution is 2.36. The number of hydrogen-bond donors (Lipinski definition) is 2. The normalized spacial score (nSPS) is 24.8. The second kappa shape index (κ2) is 6.74. The SMILES string of the molecule is CCc1ccc(CNC(=O)[C@H]2CC(C)C[C@H]2C(=O)O)cc1. The first kappa shape index (κ1) is 15.5. The average molecular weight is 289 g/mol. The maximum Gasteiger partial charge on any atom is 0.307 e. The van der Waals surface area contributed by atoms with Gasteiger partial charge in [0.15, 0.2) is 0 Å². The van der Waals surface area contributed by atoms with Gasteiger partial charge in [-0.15, -0.1) is 0 Å². The van der Waals surface area contributed by atoms with Crippen molar-refractivity contribution in [3.8, 4) is 0 Å². The lowest BCUT2D eigenvalue weighted by Gasteiger charge is -2.15. The molecule has 1 aromatic carbocycles. The van der Waals surface area contributed by atoms with Crippen molar-refractivity contribution < 1.29 is 14.7 Å². The summed E-state index contributed by atoms with van der Waals surface area (Å²) in [5.74, 6) is -1.63. The summed E-state index contributed by atoms with van der Waals surface area (Å²) in [6, 6.07) is 8.12. The second-order valence-electron chi connectivity index (χ2n) is 6.02. The molecule has 1 aliphatic carbocycles.